The van der Waals surface area contributed by atoms with E-state index in [1.54, 1.807) is 6.07 Å². The summed E-state index contributed by atoms with van der Waals surface area (Å²) in [6, 6.07) is 5.08. The van der Waals surface area contributed by atoms with Gasteiger partial charge in [0.25, 0.3) is 0 Å². The van der Waals surface area contributed by atoms with E-state index in [2.05, 4.69) is 41.1 Å². The fourth-order valence-electron chi connectivity index (χ4n) is 1.75. The fraction of sp³-hybridized carbons (Fsp3) is 0.364. The maximum absolute atomic E-state index is 13.1. The van der Waals surface area contributed by atoms with Crippen LogP contribution in [0.15, 0.2) is 28.1 Å². The molecule has 0 spiro atoms. The Bertz CT molecular complexity index is 455. The molecule has 84 valence electrons. The van der Waals surface area contributed by atoms with Crippen molar-refractivity contribution >= 4 is 34.8 Å². The van der Waals surface area contributed by atoms with E-state index in [1.807, 2.05) is 0 Å². The highest BCUT2D eigenvalue weighted by Gasteiger charge is 2.31. The second-order valence-electron chi connectivity index (χ2n) is 3.78. The molecule has 1 aromatic rings. The van der Waals surface area contributed by atoms with Crippen molar-refractivity contribution in [2.75, 3.05) is 4.90 Å². The van der Waals surface area contributed by atoms with Crippen molar-refractivity contribution in [3.63, 3.8) is 0 Å². The number of anilines is 1. The molecular formula is C11H11FN2S2. The number of hydrogen-bond donors (Lipinski definition) is 0. The number of thiocarbonyl (C=S) groups is 1. The number of halogens is 1. The van der Waals surface area contributed by atoms with Gasteiger partial charge in [0.2, 0.25) is 0 Å². The van der Waals surface area contributed by atoms with Gasteiger partial charge in [0.05, 0.1) is 10.8 Å². The first kappa shape index (κ1) is 11.6. The molecule has 1 heterocycles. The van der Waals surface area contributed by atoms with Crippen molar-refractivity contribution in [1.29, 1.82) is 0 Å². The molecule has 1 aromatic carbocycles. The highest BCUT2D eigenvalue weighted by molar-refractivity contribution is 8.00. The summed E-state index contributed by atoms with van der Waals surface area (Å²) >= 11 is 6.14. The summed E-state index contributed by atoms with van der Waals surface area (Å²) in [5.74, 6) is -0.220. The summed E-state index contributed by atoms with van der Waals surface area (Å²) in [6.07, 6.45) is 0. The van der Waals surface area contributed by atoms with Crippen LogP contribution in [0.3, 0.4) is 0 Å². The first-order valence-corrected chi connectivity index (χ1v) is 6.24. The fourth-order valence-corrected chi connectivity index (χ4v) is 3.20. The lowest BCUT2D eigenvalue weighted by Gasteiger charge is -2.27. The number of fused-ring (bicyclic) bond motifs is 1. The monoisotopic (exact) mass is 254 g/mol. The average Bonchev–Trinajstić information content (AvgIpc) is 2.55. The van der Waals surface area contributed by atoms with E-state index in [0.29, 0.717) is 0 Å². The Morgan fingerprint density at radius 2 is 2.31 bits per heavy atom. The van der Waals surface area contributed by atoms with Crippen LogP contribution in [0.4, 0.5) is 10.1 Å². The van der Waals surface area contributed by atoms with Crippen molar-refractivity contribution in [1.82, 2.24) is 0 Å². The summed E-state index contributed by atoms with van der Waals surface area (Å²) in [4.78, 5) is 7.12. The van der Waals surface area contributed by atoms with Gasteiger partial charge in [0.1, 0.15) is 5.82 Å². The molecule has 0 N–H and O–H groups in total. The third-order valence-corrected chi connectivity index (χ3v) is 3.62. The largest absolute Gasteiger partial charge is 0.337 e. The molecule has 0 radical (unpaired) electrons. The number of hydrogen-bond acceptors (Lipinski definition) is 4. The zero-order valence-corrected chi connectivity index (χ0v) is 10.6. The van der Waals surface area contributed by atoms with Gasteiger partial charge in [-0.1, -0.05) is 11.8 Å². The highest BCUT2D eigenvalue weighted by atomic mass is 32.2. The summed E-state index contributed by atoms with van der Waals surface area (Å²) < 4.78 is 13.1. The van der Waals surface area contributed by atoms with Crippen LogP contribution in [-0.4, -0.2) is 16.7 Å². The van der Waals surface area contributed by atoms with Crippen LogP contribution in [0.5, 0.6) is 0 Å². The number of isothiocyanates is 1. The normalized spacial score (nSPS) is 18.5. The van der Waals surface area contributed by atoms with Gasteiger partial charge in [0.15, 0.2) is 5.50 Å². The third-order valence-electron chi connectivity index (χ3n) is 2.39. The van der Waals surface area contributed by atoms with Crippen molar-refractivity contribution in [2.45, 2.75) is 30.3 Å². The summed E-state index contributed by atoms with van der Waals surface area (Å²) in [5.41, 5.74) is 0.898. The minimum atomic E-state index is -0.220. The van der Waals surface area contributed by atoms with Crippen LogP contribution in [0.25, 0.3) is 0 Å². The van der Waals surface area contributed by atoms with Crippen molar-refractivity contribution in [3.05, 3.63) is 24.0 Å². The molecule has 1 unspecified atom stereocenters. The van der Waals surface area contributed by atoms with Gasteiger partial charge in [-0.25, -0.2) is 4.39 Å². The Balaban J connectivity index is 2.44. The standard InChI is InChI=1S/C11H11FN2S2/c1-7(2)14-9-4-3-8(12)5-10(9)16-11(14)13-6-15/h3-5,7,11H,1-2H3. The molecule has 16 heavy (non-hydrogen) atoms. The molecular weight excluding hydrogens is 243 g/mol. The maximum Gasteiger partial charge on any atom is 0.183 e. The average molecular weight is 254 g/mol. The molecule has 0 fully saturated rings. The van der Waals surface area contributed by atoms with Crippen LogP contribution in [0, 0.1) is 5.82 Å². The lowest BCUT2D eigenvalue weighted by atomic mass is 10.2. The molecule has 2 nitrogen and oxygen atoms in total. The van der Waals surface area contributed by atoms with Crippen LogP contribution in [-0.2, 0) is 0 Å². The lowest BCUT2D eigenvalue weighted by molar-refractivity contribution is 0.622. The number of benzene rings is 1. The van der Waals surface area contributed by atoms with E-state index in [0.717, 1.165) is 10.6 Å². The number of rotatable bonds is 2. The van der Waals surface area contributed by atoms with Crippen molar-refractivity contribution in [2.24, 2.45) is 4.99 Å². The number of nitrogens with zero attached hydrogens (tertiary/aromatic N) is 2. The number of thioether (sulfide) groups is 1. The Kier molecular flexibility index (Phi) is 3.28. The molecule has 1 atom stereocenters. The van der Waals surface area contributed by atoms with E-state index in [4.69, 9.17) is 0 Å². The van der Waals surface area contributed by atoms with E-state index in [-0.39, 0.29) is 17.4 Å². The van der Waals surface area contributed by atoms with Gasteiger partial charge in [-0.15, -0.1) is 0 Å². The van der Waals surface area contributed by atoms with Crippen LogP contribution >= 0.6 is 24.0 Å². The Morgan fingerprint density at radius 3 is 2.94 bits per heavy atom. The molecule has 0 saturated carbocycles. The molecule has 0 aliphatic carbocycles. The third kappa shape index (κ3) is 1.98. The zero-order valence-electron chi connectivity index (χ0n) is 8.98. The Hall–Kier alpha value is -0.900. The molecule has 5 heteroatoms. The van der Waals surface area contributed by atoms with E-state index in [9.17, 15) is 4.39 Å². The molecule has 2 rings (SSSR count). The topological polar surface area (TPSA) is 15.6 Å². The summed E-state index contributed by atoms with van der Waals surface area (Å²) in [7, 11) is 0. The quantitative estimate of drug-likeness (QED) is 0.593. The second kappa shape index (κ2) is 4.53. The lowest BCUT2D eigenvalue weighted by Crippen LogP contribution is -2.34. The van der Waals surface area contributed by atoms with Gasteiger partial charge < -0.3 is 4.90 Å². The highest BCUT2D eigenvalue weighted by Crippen LogP contribution is 2.44. The SMILES string of the molecule is CC(C)N1c2ccc(F)cc2SC1N=C=S. The smallest absolute Gasteiger partial charge is 0.183 e. The predicted octanol–water partition coefficient (Wildman–Crippen LogP) is 3.53. The second-order valence-corrected chi connectivity index (χ2v) is 5.06. The van der Waals surface area contributed by atoms with Crippen molar-refractivity contribution < 1.29 is 4.39 Å². The molecule has 1 aliphatic rings. The van der Waals surface area contributed by atoms with E-state index < -0.39 is 0 Å². The van der Waals surface area contributed by atoms with E-state index in [1.165, 1.54) is 23.9 Å². The maximum atomic E-state index is 13.1. The van der Waals surface area contributed by atoms with Gasteiger partial charge in [-0.2, -0.15) is 4.99 Å². The number of aliphatic imine (C=N–C) groups is 1. The van der Waals surface area contributed by atoms with Gasteiger partial charge in [-0.3, -0.25) is 0 Å². The van der Waals surface area contributed by atoms with Gasteiger partial charge in [0, 0.05) is 10.9 Å². The molecule has 1 aliphatic heterocycles. The Morgan fingerprint density at radius 1 is 1.56 bits per heavy atom. The first-order chi connectivity index (χ1) is 7.63. The van der Waals surface area contributed by atoms with Crippen molar-refractivity contribution in [3.8, 4) is 0 Å². The molecule has 0 bridgehead atoms. The molecule has 0 saturated heterocycles. The first-order valence-electron chi connectivity index (χ1n) is 4.95. The van der Waals surface area contributed by atoms with Crippen LogP contribution < -0.4 is 4.90 Å². The van der Waals surface area contributed by atoms with Gasteiger partial charge in [-0.05, 0) is 44.3 Å². The molecule has 0 amide bonds. The van der Waals surface area contributed by atoms with E-state index >= 15 is 0 Å². The van der Waals surface area contributed by atoms with Crippen LogP contribution in [0.2, 0.25) is 0 Å². The molecule has 0 aromatic heterocycles. The Labute approximate surface area is 104 Å². The van der Waals surface area contributed by atoms with Gasteiger partial charge >= 0.3 is 0 Å². The predicted molar refractivity (Wildman–Crippen MR) is 68.7 cm³/mol. The summed E-state index contributed by atoms with van der Waals surface area (Å²) in [6.45, 7) is 4.15. The van der Waals surface area contributed by atoms with Crippen LogP contribution in [0.1, 0.15) is 13.8 Å². The minimum absolute atomic E-state index is 0.116. The summed E-state index contributed by atoms with van der Waals surface area (Å²) in [5, 5.41) is 2.40. The minimum Gasteiger partial charge on any atom is -0.337 e. The zero-order chi connectivity index (χ0) is 11.7.